The molecule has 1 aromatic carbocycles. The number of anilines is 1. The van der Waals surface area contributed by atoms with E-state index in [0.717, 1.165) is 0 Å². The summed E-state index contributed by atoms with van der Waals surface area (Å²) in [6, 6.07) is 2.94. The third-order valence-corrected chi connectivity index (χ3v) is 3.97. The van der Waals surface area contributed by atoms with Crippen molar-refractivity contribution in [1.82, 2.24) is 4.98 Å². The molecule has 2 N–H and O–H groups in total. The molecule has 1 aromatic heterocycles. The van der Waals surface area contributed by atoms with E-state index in [1.54, 1.807) is 18.4 Å². The lowest BCUT2D eigenvalue weighted by Gasteiger charge is -2.05. The first-order chi connectivity index (χ1) is 11.5. The van der Waals surface area contributed by atoms with E-state index in [2.05, 4.69) is 15.5 Å². The third kappa shape index (κ3) is 4.84. The fourth-order valence-corrected chi connectivity index (χ4v) is 2.64. The highest BCUT2D eigenvalue weighted by Gasteiger charge is 2.09. The highest BCUT2D eigenvalue weighted by molar-refractivity contribution is 7.13. The molecule has 0 amide bonds. The summed E-state index contributed by atoms with van der Waals surface area (Å²) in [6.07, 6.45) is 1.60. The standard InChI is InChI=1S/C15H16ClN3O4S/c1-3-23-14(21)5-10-8-24-15(18-10)19-17-7-9-4-13(22-2)12(20)6-11(9)16/h4,6-8,20H,3,5H2,1-2H3,(H,18,19). The zero-order valence-electron chi connectivity index (χ0n) is 13.1. The van der Waals surface area contributed by atoms with Gasteiger partial charge in [0.15, 0.2) is 11.5 Å². The number of methoxy groups -OCH3 is 1. The normalized spacial score (nSPS) is 10.8. The van der Waals surface area contributed by atoms with E-state index in [4.69, 9.17) is 21.1 Å². The van der Waals surface area contributed by atoms with E-state index in [0.29, 0.717) is 33.8 Å². The second-order valence-corrected chi connectivity index (χ2v) is 5.81. The molecule has 0 spiro atoms. The number of hydrogen-bond acceptors (Lipinski definition) is 8. The van der Waals surface area contributed by atoms with Gasteiger partial charge in [0.1, 0.15) is 0 Å². The maximum atomic E-state index is 11.4. The molecule has 0 fully saturated rings. The molecule has 2 aromatic rings. The van der Waals surface area contributed by atoms with Gasteiger partial charge in [-0.25, -0.2) is 4.98 Å². The van der Waals surface area contributed by atoms with Crippen molar-refractivity contribution in [2.75, 3.05) is 19.1 Å². The van der Waals surface area contributed by atoms with E-state index in [9.17, 15) is 9.90 Å². The molecular weight excluding hydrogens is 354 g/mol. The summed E-state index contributed by atoms with van der Waals surface area (Å²) in [5.74, 6) is -0.0659. The van der Waals surface area contributed by atoms with Gasteiger partial charge in [0.2, 0.25) is 5.13 Å². The van der Waals surface area contributed by atoms with Gasteiger partial charge >= 0.3 is 5.97 Å². The lowest BCUT2D eigenvalue weighted by Crippen LogP contribution is -2.07. The highest BCUT2D eigenvalue weighted by atomic mass is 35.5. The zero-order chi connectivity index (χ0) is 17.5. The van der Waals surface area contributed by atoms with Crippen molar-refractivity contribution in [3.05, 3.63) is 33.8 Å². The summed E-state index contributed by atoms with van der Waals surface area (Å²) >= 11 is 7.35. The summed E-state index contributed by atoms with van der Waals surface area (Å²) in [5.41, 5.74) is 3.94. The van der Waals surface area contributed by atoms with Crippen molar-refractivity contribution in [2.45, 2.75) is 13.3 Å². The fourth-order valence-electron chi connectivity index (χ4n) is 1.78. The number of esters is 1. The van der Waals surface area contributed by atoms with Crippen LogP contribution >= 0.6 is 22.9 Å². The number of hydrogen-bond donors (Lipinski definition) is 2. The Bertz CT molecular complexity index is 748. The van der Waals surface area contributed by atoms with E-state index < -0.39 is 0 Å². The Hall–Kier alpha value is -2.32. The van der Waals surface area contributed by atoms with Crippen LogP contribution in [0.5, 0.6) is 11.5 Å². The van der Waals surface area contributed by atoms with E-state index in [-0.39, 0.29) is 18.1 Å². The lowest BCUT2D eigenvalue weighted by atomic mass is 10.2. The van der Waals surface area contributed by atoms with E-state index >= 15 is 0 Å². The molecule has 0 aliphatic carbocycles. The molecule has 0 radical (unpaired) electrons. The predicted molar refractivity (Wildman–Crippen MR) is 93.3 cm³/mol. The fraction of sp³-hybridized carbons (Fsp3) is 0.267. The number of nitrogens with one attached hydrogen (secondary N) is 1. The molecule has 7 nitrogen and oxygen atoms in total. The molecule has 0 aliphatic rings. The van der Waals surface area contributed by atoms with Crippen LogP contribution in [0.25, 0.3) is 0 Å². The van der Waals surface area contributed by atoms with Crippen LogP contribution < -0.4 is 10.2 Å². The number of thiazole rings is 1. The van der Waals surface area contributed by atoms with Gasteiger partial charge in [-0.15, -0.1) is 11.3 Å². The lowest BCUT2D eigenvalue weighted by molar-refractivity contribution is -0.142. The molecular formula is C15H16ClN3O4S. The third-order valence-electron chi connectivity index (χ3n) is 2.84. The van der Waals surface area contributed by atoms with Gasteiger partial charge in [-0.1, -0.05) is 11.6 Å². The summed E-state index contributed by atoms with van der Waals surface area (Å²) in [6.45, 7) is 2.10. The maximum Gasteiger partial charge on any atom is 0.311 e. The number of carbonyl (C=O) groups is 1. The van der Waals surface area contributed by atoms with Gasteiger partial charge in [-0.2, -0.15) is 5.10 Å². The summed E-state index contributed by atoms with van der Waals surface area (Å²) in [7, 11) is 1.45. The largest absolute Gasteiger partial charge is 0.504 e. The van der Waals surface area contributed by atoms with Crippen LogP contribution in [0.3, 0.4) is 0 Å². The highest BCUT2D eigenvalue weighted by Crippen LogP contribution is 2.31. The van der Waals surface area contributed by atoms with Crippen LogP contribution in [0.1, 0.15) is 18.2 Å². The smallest absolute Gasteiger partial charge is 0.311 e. The van der Waals surface area contributed by atoms with Gasteiger partial charge in [-0.3, -0.25) is 10.2 Å². The average molecular weight is 370 g/mol. The average Bonchev–Trinajstić information content (AvgIpc) is 2.97. The predicted octanol–water partition coefficient (Wildman–Crippen LogP) is 3.06. The Balaban J connectivity index is 2.00. The van der Waals surface area contributed by atoms with Crippen LogP contribution in [0.2, 0.25) is 5.02 Å². The number of rotatable bonds is 7. The van der Waals surface area contributed by atoms with E-state index in [1.807, 2.05) is 0 Å². The number of aromatic nitrogens is 1. The monoisotopic (exact) mass is 369 g/mol. The molecule has 0 atom stereocenters. The molecule has 128 valence electrons. The summed E-state index contributed by atoms with van der Waals surface area (Å²) in [4.78, 5) is 15.6. The molecule has 0 saturated heterocycles. The number of nitrogens with zero attached hydrogens (tertiary/aromatic N) is 2. The molecule has 9 heteroatoms. The Labute approximate surface area is 147 Å². The number of benzene rings is 1. The minimum absolute atomic E-state index is 0.0452. The number of halogens is 1. The van der Waals surface area contributed by atoms with E-state index in [1.165, 1.54) is 30.7 Å². The van der Waals surface area contributed by atoms with Crippen molar-refractivity contribution >= 4 is 40.3 Å². The van der Waals surface area contributed by atoms with Gasteiger partial charge in [0.25, 0.3) is 0 Å². The first-order valence-electron chi connectivity index (χ1n) is 6.99. The number of aromatic hydroxyl groups is 1. The van der Waals surface area contributed by atoms with Crippen molar-refractivity contribution in [1.29, 1.82) is 0 Å². The van der Waals surface area contributed by atoms with Crippen molar-refractivity contribution in [3.63, 3.8) is 0 Å². The minimum atomic E-state index is -0.319. The quantitative estimate of drug-likeness (QED) is 0.442. The Morgan fingerprint density at radius 1 is 1.54 bits per heavy atom. The number of phenolic OH excluding ortho intramolecular Hbond substituents is 1. The molecule has 24 heavy (non-hydrogen) atoms. The Kier molecular flexibility index (Phi) is 6.39. The number of phenols is 1. The molecule has 0 aliphatic heterocycles. The molecule has 2 rings (SSSR count). The van der Waals surface area contributed by atoms with Crippen LogP contribution in [-0.4, -0.2) is 36.0 Å². The zero-order valence-corrected chi connectivity index (χ0v) is 14.6. The topological polar surface area (TPSA) is 93.0 Å². The van der Waals surface area contributed by atoms with Crippen LogP contribution in [-0.2, 0) is 16.0 Å². The van der Waals surface area contributed by atoms with Crippen molar-refractivity contribution in [3.8, 4) is 11.5 Å². The molecule has 1 heterocycles. The SMILES string of the molecule is CCOC(=O)Cc1csc(NN=Cc2cc(OC)c(O)cc2Cl)n1. The summed E-state index contributed by atoms with van der Waals surface area (Å²) < 4.78 is 9.89. The van der Waals surface area contributed by atoms with Gasteiger partial charge < -0.3 is 14.6 Å². The summed E-state index contributed by atoms with van der Waals surface area (Å²) in [5, 5.41) is 16.3. The second kappa shape index (κ2) is 8.51. The minimum Gasteiger partial charge on any atom is -0.504 e. The number of ether oxygens (including phenoxy) is 2. The number of hydrazone groups is 1. The van der Waals surface area contributed by atoms with Gasteiger partial charge in [0, 0.05) is 17.0 Å². The molecule has 0 bridgehead atoms. The first-order valence-corrected chi connectivity index (χ1v) is 8.24. The van der Waals surface area contributed by atoms with Crippen LogP contribution in [0.4, 0.5) is 5.13 Å². The maximum absolute atomic E-state index is 11.4. The Morgan fingerprint density at radius 3 is 3.04 bits per heavy atom. The first kappa shape index (κ1) is 18.0. The van der Waals surface area contributed by atoms with Gasteiger partial charge in [-0.05, 0) is 13.0 Å². The van der Waals surface area contributed by atoms with Crippen molar-refractivity contribution < 1.29 is 19.4 Å². The van der Waals surface area contributed by atoms with Gasteiger partial charge in [0.05, 0.1) is 37.1 Å². The number of carbonyl (C=O) groups excluding carboxylic acids is 1. The van der Waals surface area contributed by atoms with Crippen LogP contribution in [0, 0.1) is 0 Å². The van der Waals surface area contributed by atoms with Crippen LogP contribution in [0.15, 0.2) is 22.6 Å². The molecule has 0 unspecified atom stereocenters. The van der Waals surface area contributed by atoms with Crippen molar-refractivity contribution in [2.24, 2.45) is 5.10 Å². The molecule has 0 saturated carbocycles. The Morgan fingerprint density at radius 2 is 2.33 bits per heavy atom. The second-order valence-electron chi connectivity index (χ2n) is 4.54.